The third kappa shape index (κ3) is 5.09. The van der Waals surface area contributed by atoms with Crippen LogP contribution >= 0.6 is 0 Å². The van der Waals surface area contributed by atoms with E-state index in [0.717, 1.165) is 28.3 Å². The number of hydrogen-bond acceptors (Lipinski definition) is 2. The molecule has 2 heterocycles. The van der Waals surface area contributed by atoms with Gasteiger partial charge < -0.3 is 0 Å². The Kier molecular flexibility index (Phi) is 7.26. The summed E-state index contributed by atoms with van der Waals surface area (Å²) in [6, 6.07) is 65.7. The van der Waals surface area contributed by atoms with E-state index in [1.54, 1.807) is 0 Å². The molecule has 244 valence electrons. The molecule has 0 spiro atoms. The Labute approximate surface area is 305 Å². The molecule has 0 aliphatic carbocycles. The molecular formula is C49H34N2Si. The van der Waals surface area contributed by atoms with Crippen LogP contribution in [0.4, 0.5) is 0 Å². The van der Waals surface area contributed by atoms with E-state index in [1.165, 1.54) is 70.9 Å². The molecule has 0 saturated carbocycles. The molecule has 2 nitrogen and oxygen atoms in total. The van der Waals surface area contributed by atoms with Crippen molar-refractivity contribution < 1.29 is 0 Å². The minimum Gasteiger partial charge on any atom is -0.228 e. The lowest BCUT2D eigenvalue weighted by atomic mass is 9.95. The monoisotopic (exact) mass is 678 g/mol. The number of hydrogen-bond donors (Lipinski definition) is 0. The van der Waals surface area contributed by atoms with Crippen molar-refractivity contribution in [1.29, 1.82) is 0 Å². The summed E-state index contributed by atoms with van der Waals surface area (Å²) < 4.78 is 0. The largest absolute Gasteiger partial charge is 0.228 e. The maximum atomic E-state index is 5.51. The van der Waals surface area contributed by atoms with Gasteiger partial charge in [-0.2, -0.15) is 0 Å². The normalized spacial score (nSPS) is 13.3. The highest BCUT2D eigenvalue weighted by Gasteiger charge is 2.34. The van der Waals surface area contributed by atoms with Gasteiger partial charge in [0.05, 0.1) is 11.4 Å². The molecule has 0 bridgehead atoms. The summed E-state index contributed by atoms with van der Waals surface area (Å²) in [5.41, 5.74) is 12.9. The number of aromatic nitrogens is 2. The molecule has 8 aromatic carbocycles. The average molecular weight is 679 g/mol. The molecule has 1 unspecified atom stereocenters. The molecule has 10 rings (SSSR count). The molecule has 1 aliphatic heterocycles. The minimum atomic E-state index is -1.62. The van der Waals surface area contributed by atoms with Crippen LogP contribution in [-0.2, 0) is 0 Å². The fraction of sp³-hybridized carbons (Fsp3) is 0.0204. The van der Waals surface area contributed by atoms with Crippen molar-refractivity contribution in [2.45, 2.75) is 6.55 Å². The van der Waals surface area contributed by atoms with Gasteiger partial charge in [-0.05, 0) is 77.4 Å². The second-order valence-electron chi connectivity index (χ2n) is 13.8. The Morgan fingerprint density at radius 2 is 0.885 bits per heavy atom. The lowest BCUT2D eigenvalue weighted by Gasteiger charge is -2.15. The van der Waals surface area contributed by atoms with Crippen LogP contribution in [0, 0.1) is 0 Å². The zero-order valence-corrected chi connectivity index (χ0v) is 29.9. The fourth-order valence-electron chi connectivity index (χ4n) is 8.11. The molecule has 9 aromatic rings. The molecule has 0 fully saturated rings. The van der Waals surface area contributed by atoms with Crippen LogP contribution in [0.15, 0.2) is 182 Å². The summed E-state index contributed by atoms with van der Waals surface area (Å²) >= 11 is 0. The standard InChI is InChI=1S/C49H34N2Si/c1-52-44-29-28-36-15-6-8-22-42(36)45(44)47-48(52)46(50-49(51-47)43-23-11-16-35-14-5-7-21-41(35)43)40-20-10-19-39(31-40)38-18-9-17-37(30-38)34-26-24-33(25-27-34)32-12-3-2-4-13-32/h2-31,52H,1H3. The second kappa shape index (κ2) is 12.4. The molecule has 0 amide bonds. The van der Waals surface area contributed by atoms with Gasteiger partial charge in [-0.15, -0.1) is 0 Å². The van der Waals surface area contributed by atoms with Crippen LogP contribution in [0.1, 0.15) is 0 Å². The molecule has 1 aliphatic rings. The minimum absolute atomic E-state index is 0.777. The van der Waals surface area contributed by atoms with E-state index < -0.39 is 8.80 Å². The molecular weight excluding hydrogens is 645 g/mol. The van der Waals surface area contributed by atoms with E-state index in [1.807, 2.05) is 0 Å². The fourth-order valence-corrected chi connectivity index (χ4v) is 10.8. The molecule has 3 heteroatoms. The topological polar surface area (TPSA) is 25.8 Å². The summed E-state index contributed by atoms with van der Waals surface area (Å²) in [7, 11) is -1.62. The van der Waals surface area contributed by atoms with Gasteiger partial charge in [0.2, 0.25) is 0 Å². The summed E-state index contributed by atoms with van der Waals surface area (Å²) in [6.07, 6.45) is 0. The average Bonchev–Trinajstić information content (AvgIpc) is 3.52. The zero-order valence-electron chi connectivity index (χ0n) is 28.8. The molecule has 0 radical (unpaired) electrons. The highest BCUT2D eigenvalue weighted by molar-refractivity contribution is 6.89. The highest BCUT2D eigenvalue weighted by Crippen LogP contribution is 2.37. The van der Waals surface area contributed by atoms with Gasteiger partial charge in [0, 0.05) is 16.7 Å². The van der Waals surface area contributed by atoms with Crippen molar-refractivity contribution in [3.05, 3.63) is 182 Å². The predicted octanol–water partition coefficient (Wildman–Crippen LogP) is 11.1. The van der Waals surface area contributed by atoms with Gasteiger partial charge in [0.25, 0.3) is 0 Å². The summed E-state index contributed by atoms with van der Waals surface area (Å²) in [5, 5.41) is 7.66. The number of nitrogens with zero attached hydrogens (tertiary/aromatic N) is 2. The van der Waals surface area contributed by atoms with Crippen LogP contribution in [-0.4, -0.2) is 18.8 Å². The van der Waals surface area contributed by atoms with Crippen LogP contribution in [0.25, 0.3) is 88.8 Å². The van der Waals surface area contributed by atoms with Gasteiger partial charge >= 0.3 is 0 Å². The first kappa shape index (κ1) is 30.4. The number of rotatable bonds is 5. The van der Waals surface area contributed by atoms with Crippen molar-refractivity contribution in [1.82, 2.24) is 9.97 Å². The van der Waals surface area contributed by atoms with Gasteiger partial charge in [-0.3, -0.25) is 0 Å². The second-order valence-corrected chi connectivity index (χ2v) is 16.4. The predicted molar refractivity (Wildman–Crippen MR) is 222 cm³/mol. The van der Waals surface area contributed by atoms with E-state index in [-0.39, 0.29) is 0 Å². The third-order valence-electron chi connectivity index (χ3n) is 10.7. The van der Waals surface area contributed by atoms with Gasteiger partial charge in [-0.25, -0.2) is 9.97 Å². The van der Waals surface area contributed by atoms with Crippen molar-refractivity contribution >= 4 is 40.7 Å². The Morgan fingerprint density at radius 1 is 0.385 bits per heavy atom. The smallest absolute Gasteiger partial charge is 0.161 e. The Balaban J connectivity index is 1.12. The van der Waals surface area contributed by atoms with Gasteiger partial charge in [-0.1, -0.05) is 176 Å². The third-order valence-corrected chi connectivity index (χ3v) is 13.6. The summed E-state index contributed by atoms with van der Waals surface area (Å²) in [5.74, 6) is 0.777. The summed E-state index contributed by atoms with van der Waals surface area (Å²) in [6.45, 7) is 2.44. The molecule has 0 N–H and O–H groups in total. The van der Waals surface area contributed by atoms with Crippen LogP contribution in [0.5, 0.6) is 0 Å². The molecule has 0 saturated heterocycles. The lowest BCUT2D eigenvalue weighted by molar-refractivity contribution is 1.21. The summed E-state index contributed by atoms with van der Waals surface area (Å²) in [4.78, 5) is 11.0. The Bertz CT molecular complexity index is 2800. The lowest BCUT2D eigenvalue weighted by Crippen LogP contribution is -2.36. The Hall–Kier alpha value is -6.42. The van der Waals surface area contributed by atoms with Crippen molar-refractivity contribution in [3.8, 4) is 67.3 Å². The van der Waals surface area contributed by atoms with E-state index in [4.69, 9.17) is 9.97 Å². The quantitative estimate of drug-likeness (QED) is 0.169. The Morgan fingerprint density at radius 3 is 1.63 bits per heavy atom. The first-order valence-electron chi connectivity index (χ1n) is 18.0. The van der Waals surface area contributed by atoms with E-state index in [0.29, 0.717) is 0 Å². The molecule has 52 heavy (non-hydrogen) atoms. The van der Waals surface area contributed by atoms with Crippen LogP contribution < -0.4 is 10.4 Å². The van der Waals surface area contributed by atoms with Crippen molar-refractivity contribution in [2.75, 3.05) is 0 Å². The molecule has 1 aromatic heterocycles. The van der Waals surface area contributed by atoms with Crippen LogP contribution in [0.3, 0.4) is 0 Å². The highest BCUT2D eigenvalue weighted by atomic mass is 28.3. The van der Waals surface area contributed by atoms with Gasteiger partial charge in [0.1, 0.15) is 8.80 Å². The number of benzene rings is 8. The first-order chi connectivity index (χ1) is 25.7. The van der Waals surface area contributed by atoms with Crippen LogP contribution in [0.2, 0.25) is 6.55 Å². The van der Waals surface area contributed by atoms with E-state index in [9.17, 15) is 0 Å². The molecule has 1 atom stereocenters. The van der Waals surface area contributed by atoms with Gasteiger partial charge in [0.15, 0.2) is 5.82 Å². The number of fused-ring (bicyclic) bond motifs is 6. The van der Waals surface area contributed by atoms with E-state index in [2.05, 4.69) is 189 Å². The maximum absolute atomic E-state index is 5.51. The SMILES string of the molecule is C[SiH]1c2ccc3ccccc3c2-c2nc(-c3cccc4ccccc34)nc(-c3cccc(-c4cccc(-c5ccc(-c6ccccc6)cc5)c4)c3)c21. The van der Waals surface area contributed by atoms with E-state index >= 15 is 0 Å². The first-order valence-corrected chi connectivity index (χ1v) is 20.3. The van der Waals surface area contributed by atoms with Crippen molar-refractivity contribution in [2.24, 2.45) is 0 Å². The zero-order chi connectivity index (χ0) is 34.6. The maximum Gasteiger partial charge on any atom is 0.161 e. The van der Waals surface area contributed by atoms with Crippen molar-refractivity contribution in [3.63, 3.8) is 0 Å².